The Bertz CT molecular complexity index is 397. The van der Waals surface area contributed by atoms with Gasteiger partial charge in [0, 0.05) is 18.8 Å². The van der Waals surface area contributed by atoms with Gasteiger partial charge in [0.1, 0.15) is 0 Å². The van der Waals surface area contributed by atoms with E-state index in [1.807, 2.05) is 0 Å². The maximum atomic E-state index is 11.1. The van der Waals surface area contributed by atoms with Gasteiger partial charge in [0.15, 0.2) is 0 Å². The third kappa shape index (κ3) is 2.60. The minimum absolute atomic E-state index is 0.0137. The molecular formula is C14H20N2O. The molecule has 1 aliphatic rings. The molecule has 1 aromatic rings. The first-order valence-electron chi connectivity index (χ1n) is 6.22. The SMILES string of the molecule is CC(C)c1ccc(N2CCC(C(N)=O)C2)cc1. The van der Waals surface area contributed by atoms with Crippen molar-refractivity contribution in [1.29, 1.82) is 0 Å². The summed E-state index contributed by atoms with van der Waals surface area (Å²) in [5.74, 6) is 0.395. The molecule has 3 nitrogen and oxygen atoms in total. The monoisotopic (exact) mass is 232 g/mol. The van der Waals surface area contributed by atoms with Crippen LogP contribution in [0.1, 0.15) is 31.7 Å². The van der Waals surface area contributed by atoms with Gasteiger partial charge >= 0.3 is 0 Å². The van der Waals surface area contributed by atoms with Crippen molar-refractivity contribution in [3.63, 3.8) is 0 Å². The van der Waals surface area contributed by atoms with E-state index < -0.39 is 0 Å². The molecule has 0 aliphatic carbocycles. The second-order valence-corrected chi connectivity index (χ2v) is 5.08. The summed E-state index contributed by atoms with van der Waals surface area (Å²) < 4.78 is 0. The molecule has 1 atom stereocenters. The predicted octanol–water partition coefficient (Wildman–Crippen LogP) is 2.12. The zero-order chi connectivity index (χ0) is 12.4. The summed E-state index contributed by atoms with van der Waals surface area (Å²) in [5, 5.41) is 0. The highest BCUT2D eigenvalue weighted by Gasteiger charge is 2.26. The number of primary amides is 1. The standard InChI is InChI=1S/C14H20N2O/c1-10(2)11-3-5-13(6-4-11)16-8-7-12(9-16)14(15)17/h3-6,10,12H,7-9H2,1-2H3,(H2,15,17). The van der Waals surface area contributed by atoms with Crippen molar-refractivity contribution in [2.75, 3.05) is 18.0 Å². The fraction of sp³-hybridized carbons (Fsp3) is 0.500. The quantitative estimate of drug-likeness (QED) is 0.867. The second-order valence-electron chi connectivity index (χ2n) is 5.08. The summed E-state index contributed by atoms with van der Waals surface area (Å²) in [4.78, 5) is 13.4. The van der Waals surface area contributed by atoms with Gasteiger partial charge in [-0.3, -0.25) is 4.79 Å². The molecule has 3 heteroatoms. The first kappa shape index (κ1) is 12.0. The molecule has 1 fully saturated rings. The average molecular weight is 232 g/mol. The molecule has 0 bridgehead atoms. The summed E-state index contributed by atoms with van der Waals surface area (Å²) in [6.45, 7) is 6.06. The minimum Gasteiger partial charge on any atom is -0.371 e. The number of anilines is 1. The van der Waals surface area contributed by atoms with Crippen molar-refractivity contribution >= 4 is 11.6 Å². The molecule has 2 rings (SSSR count). The van der Waals surface area contributed by atoms with Crippen LogP contribution in [0.25, 0.3) is 0 Å². The Kier molecular flexibility index (Phi) is 3.36. The van der Waals surface area contributed by atoms with Crippen LogP contribution in [0.2, 0.25) is 0 Å². The molecule has 0 radical (unpaired) electrons. The molecule has 1 heterocycles. The van der Waals surface area contributed by atoms with Crippen LogP contribution >= 0.6 is 0 Å². The van der Waals surface area contributed by atoms with E-state index in [9.17, 15) is 4.79 Å². The molecule has 17 heavy (non-hydrogen) atoms. The Morgan fingerprint density at radius 1 is 1.35 bits per heavy atom. The first-order chi connectivity index (χ1) is 8.08. The average Bonchev–Trinajstić information content (AvgIpc) is 2.78. The summed E-state index contributed by atoms with van der Waals surface area (Å²) in [7, 11) is 0. The van der Waals surface area contributed by atoms with Crippen molar-refractivity contribution < 1.29 is 4.79 Å². The molecule has 1 aliphatic heterocycles. The largest absolute Gasteiger partial charge is 0.371 e. The van der Waals surface area contributed by atoms with Crippen LogP contribution in [0.3, 0.4) is 0 Å². The Labute approximate surface area is 103 Å². The molecule has 0 aromatic heterocycles. The smallest absolute Gasteiger partial charge is 0.222 e. The van der Waals surface area contributed by atoms with Crippen molar-refractivity contribution in [3.05, 3.63) is 29.8 Å². The van der Waals surface area contributed by atoms with Gasteiger partial charge in [0.05, 0.1) is 5.92 Å². The molecule has 2 N–H and O–H groups in total. The summed E-state index contributed by atoms with van der Waals surface area (Å²) in [6, 6.07) is 8.60. The number of rotatable bonds is 3. The lowest BCUT2D eigenvalue weighted by atomic mass is 10.0. The lowest BCUT2D eigenvalue weighted by Gasteiger charge is -2.19. The number of benzene rings is 1. The third-order valence-corrected chi connectivity index (χ3v) is 3.52. The van der Waals surface area contributed by atoms with E-state index in [4.69, 9.17) is 5.73 Å². The summed E-state index contributed by atoms with van der Waals surface area (Å²) in [6.07, 6.45) is 0.876. The van der Waals surface area contributed by atoms with Gasteiger partial charge in [-0.1, -0.05) is 26.0 Å². The second kappa shape index (κ2) is 4.78. The highest BCUT2D eigenvalue weighted by Crippen LogP contribution is 2.25. The molecule has 92 valence electrons. The molecule has 0 spiro atoms. The number of hydrogen-bond donors (Lipinski definition) is 1. The lowest BCUT2D eigenvalue weighted by Crippen LogP contribution is -2.27. The highest BCUT2D eigenvalue weighted by molar-refractivity contribution is 5.78. The Hall–Kier alpha value is -1.51. The van der Waals surface area contributed by atoms with Crippen LogP contribution < -0.4 is 10.6 Å². The van der Waals surface area contributed by atoms with Crippen LogP contribution in [0, 0.1) is 5.92 Å². The van der Waals surface area contributed by atoms with E-state index in [1.165, 1.54) is 11.3 Å². The predicted molar refractivity (Wildman–Crippen MR) is 70.0 cm³/mol. The van der Waals surface area contributed by atoms with E-state index in [0.29, 0.717) is 5.92 Å². The topological polar surface area (TPSA) is 46.3 Å². The van der Waals surface area contributed by atoms with Crippen LogP contribution in [0.15, 0.2) is 24.3 Å². The molecule has 1 saturated heterocycles. The fourth-order valence-corrected chi connectivity index (χ4v) is 2.30. The van der Waals surface area contributed by atoms with E-state index in [0.717, 1.165) is 19.5 Å². The Morgan fingerprint density at radius 2 is 2.00 bits per heavy atom. The Morgan fingerprint density at radius 3 is 2.47 bits per heavy atom. The number of carbonyl (C=O) groups is 1. The zero-order valence-electron chi connectivity index (χ0n) is 10.5. The van der Waals surface area contributed by atoms with Gasteiger partial charge in [0.2, 0.25) is 5.91 Å². The zero-order valence-corrected chi connectivity index (χ0v) is 10.5. The van der Waals surface area contributed by atoms with E-state index in [2.05, 4.69) is 43.0 Å². The molecule has 1 unspecified atom stereocenters. The normalized spacial score (nSPS) is 19.9. The van der Waals surface area contributed by atoms with E-state index in [-0.39, 0.29) is 11.8 Å². The van der Waals surface area contributed by atoms with Gasteiger partial charge in [-0.25, -0.2) is 0 Å². The van der Waals surface area contributed by atoms with Gasteiger partial charge in [-0.2, -0.15) is 0 Å². The van der Waals surface area contributed by atoms with E-state index >= 15 is 0 Å². The highest BCUT2D eigenvalue weighted by atomic mass is 16.1. The van der Waals surface area contributed by atoms with Crippen LogP contribution in [-0.4, -0.2) is 19.0 Å². The fourth-order valence-electron chi connectivity index (χ4n) is 2.30. The van der Waals surface area contributed by atoms with Gasteiger partial charge < -0.3 is 10.6 Å². The van der Waals surface area contributed by atoms with Crippen LogP contribution in [-0.2, 0) is 4.79 Å². The van der Waals surface area contributed by atoms with Gasteiger partial charge in [0.25, 0.3) is 0 Å². The van der Waals surface area contributed by atoms with Crippen molar-refractivity contribution in [2.45, 2.75) is 26.2 Å². The lowest BCUT2D eigenvalue weighted by molar-refractivity contribution is -0.121. The number of nitrogens with zero attached hydrogens (tertiary/aromatic N) is 1. The number of nitrogens with two attached hydrogens (primary N) is 1. The molecule has 1 aromatic carbocycles. The molecule has 1 amide bonds. The van der Waals surface area contributed by atoms with Crippen LogP contribution in [0.5, 0.6) is 0 Å². The number of hydrogen-bond acceptors (Lipinski definition) is 2. The number of carbonyl (C=O) groups excluding carboxylic acids is 1. The van der Waals surface area contributed by atoms with Crippen molar-refractivity contribution in [1.82, 2.24) is 0 Å². The van der Waals surface area contributed by atoms with E-state index in [1.54, 1.807) is 0 Å². The summed E-state index contributed by atoms with van der Waals surface area (Å²) >= 11 is 0. The third-order valence-electron chi connectivity index (χ3n) is 3.52. The van der Waals surface area contributed by atoms with Crippen molar-refractivity contribution in [2.24, 2.45) is 11.7 Å². The minimum atomic E-state index is -0.175. The number of amides is 1. The molecule has 0 saturated carbocycles. The summed E-state index contributed by atoms with van der Waals surface area (Å²) in [5.41, 5.74) is 7.88. The maximum Gasteiger partial charge on any atom is 0.222 e. The Balaban J connectivity index is 2.06. The first-order valence-corrected chi connectivity index (χ1v) is 6.22. The van der Waals surface area contributed by atoms with Gasteiger partial charge in [-0.15, -0.1) is 0 Å². The molecular weight excluding hydrogens is 212 g/mol. The van der Waals surface area contributed by atoms with Crippen LogP contribution in [0.4, 0.5) is 5.69 Å². The maximum absolute atomic E-state index is 11.1. The van der Waals surface area contributed by atoms with Crippen molar-refractivity contribution in [3.8, 4) is 0 Å². The van der Waals surface area contributed by atoms with Gasteiger partial charge in [-0.05, 0) is 30.0 Å².